The molecular formula is C13H14BrNO3. The van der Waals surface area contributed by atoms with Crippen LogP contribution in [0.25, 0.3) is 10.9 Å². The van der Waals surface area contributed by atoms with Crippen LogP contribution >= 0.6 is 15.9 Å². The number of aromatic nitrogens is 1. The first-order valence-electron chi connectivity index (χ1n) is 5.65. The zero-order chi connectivity index (χ0) is 13.3. The minimum Gasteiger partial charge on any atom is -0.458 e. The van der Waals surface area contributed by atoms with E-state index < -0.39 is 5.97 Å². The fraction of sp³-hybridized carbons (Fsp3) is 0.308. The number of esters is 1. The van der Waals surface area contributed by atoms with Gasteiger partial charge in [0.1, 0.15) is 5.69 Å². The summed E-state index contributed by atoms with van der Waals surface area (Å²) in [6, 6.07) is 5.58. The Balaban J connectivity index is 2.53. The Bertz CT molecular complexity index is 589. The number of fused-ring (bicyclic) bond motifs is 1. The van der Waals surface area contributed by atoms with E-state index in [1.165, 1.54) is 0 Å². The van der Waals surface area contributed by atoms with Gasteiger partial charge in [0.05, 0.1) is 12.7 Å². The number of carbonyl (C=O) groups excluding carboxylic acids is 1. The Morgan fingerprint density at radius 2 is 2.22 bits per heavy atom. The highest BCUT2D eigenvalue weighted by molar-refractivity contribution is 9.10. The first kappa shape index (κ1) is 13.1. The Morgan fingerprint density at radius 1 is 1.50 bits per heavy atom. The van der Waals surface area contributed by atoms with Gasteiger partial charge in [0.2, 0.25) is 0 Å². The summed E-state index contributed by atoms with van der Waals surface area (Å²) >= 11 is 3.37. The molecule has 0 amide bonds. The summed E-state index contributed by atoms with van der Waals surface area (Å²) in [5, 5.41) is 10.2. The zero-order valence-corrected chi connectivity index (χ0v) is 11.7. The van der Waals surface area contributed by atoms with Crippen molar-refractivity contribution in [2.75, 3.05) is 0 Å². The van der Waals surface area contributed by atoms with Crippen molar-refractivity contribution in [1.82, 2.24) is 4.98 Å². The topological polar surface area (TPSA) is 62.3 Å². The van der Waals surface area contributed by atoms with Crippen molar-refractivity contribution in [2.45, 2.75) is 26.6 Å². The monoisotopic (exact) mass is 311 g/mol. The minimum atomic E-state index is -0.443. The van der Waals surface area contributed by atoms with E-state index in [9.17, 15) is 9.90 Å². The summed E-state index contributed by atoms with van der Waals surface area (Å²) in [7, 11) is 0. The van der Waals surface area contributed by atoms with Crippen LogP contribution in [0.1, 0.15) is 29.9 Å². The summed E-state index contributed by atoms with van der Waals surface area (Å²) in [6.45, 7) is 3.37. The van der Waals surface area contributed by atoms with E-state index >= 15 is 0 Å². The molecule has 4 nitrogen and oxygen atoms in total. The van der Waals surface area contributed by atoms with E-state index in [0.717, 1.165) is 15.4 Å². The van der Waals surface area contributed by atoms with Crippen molar-refractivity contribution < 1.29 is 14.6 Å². The highest BCUT2D eigenvalue weighted by Gasteiger charge is 2.19. The molecule has 2 aromatic rings. The van der Waals surface area contributed by atoms with Gasteiger partial charge in [-0.2, -0.15) is 0 Å². The lowest BCUT2D eigenvalue weighted by molar-refractivity contribution is 0.0368. The lowest BCUT2D eigenvalue weighted by Crippen LogP contribution is -2.13. The lowest BCUT2D eigenvalue weighted by Gasteiger charge is -2.07. The predicted octanol–water partition coefficient (Wildman–Crippen LogP) is 2.99. The summed E-state index contributed by atoms with van der Waals surface area (Å²) in [5.41, 5.74) is 1.69. The van der Waals surface area contributed by atoms with E-state index in [0.29, 0.717) is 11.3 Å². The van der Waals surface area contributed by atoms with Crippen LogP contribution in [0.2, 0.25) is 0 Å². The van der Waals surface area contributed by atoms with Crippen LogP contribution in [0.4, 0.5) is 0 Å². The number of aliphatic hydroxyl groups is 1. The highest BCUT2D eigenvalue weighted by Crippen LogP contribution is 2.26. The van der Waals surface area contributed by atoms with Crippen LogP contribution < -0.4 is 0 Å². The van der Waals surface area contributed by atoms with Gasteiger partial charge in [-0.15, -0.1) is 0 Å². The maximum atomic E-state index is 11.9. The number of rotatable bonds is 3. The first-order valence-corrected chi connectivity index (χ1v) is 6.44. The van der Waals surface area contributed by atoms with Crippen molar-refractivity contribution >= 4 is 32.8 Å². The van der Waals surface area contributed by atoms with Gasteiger partial charge in [-0.05, 0) is 26.0 Å². The van der Waals surface area contributed by atoms with Crippen molar-refractivity contribution in [3.8, 4) is 0 Å². The van der Waals surface area contributed by atoms with Crippen LogP contribution in [-0.2, 0) is 11.3 Å². The van der Waals surface area contributed by atoms with E-state index in [1.807, 2.05) is 18.2 Å². The van der Waals surface area contributed by atoms with Crippen LogP contribution in [0.5, 0.6) is 0 Å². The SMILES string of the molecule is CC(C)OC(=O)c1[nH]c2cc(Br)ccc2c1CO. The first-order chi connectivity index (χ1) is 8.52. The number of nitrogens with one attached hydrogen (secondary N) is 1. The Morgan fingerprint density at radius 3 is 2.83 bits per heavy atom. The van der Waals surface area contributed by atoms with Crippen molar-refractivity contribution in [3.63, 3.8) is 0 Å². The fourth-order valence-corrected chi connectivity index (χ4v) is 2.20. The molecule has 0 aliphatic carbocycles. The molecule has 0 bridgehead atoms. The standard InChI is InChI=1S/C13H14BrNO3/c1-7(2)18-13(17)12-10(6-16)9-4-3-8(14)5-11(9)15-12/h3-5,7,15-16H,6H2,1-2H3. The quantitative estimate of drug-likeness (QED) is 0.857. The second-order valence-corrected chi connectivity index (χ2v) is 5.20. The minimum absolute atomic E-state index is 0.192. The lowest BCUT2D eigenvalue weighted by atomic mass is 10.1. The second kappa shape index (κ2) is 5.12. The van der Waals surface area contributed by atoms with Gasteiger partial charge in [-0.25, -0.2) is 4.79 Å². The fourth-order valence-electron chi connectivity index (χ4n) is 1.84. The summed E-state index contributed by atoms with van der Waals surface area (Å²) < 4.78 is 6.05. The maximum Gasteiger partial charge on any atom is 0.355 e. The van der Waals surface area contributed by atoms with E-state index in [1.54, 1.807) is 13.8 Å². The molecule has 0 atom stereocenters. The van der Waals surface area contributed by atoms with Gasteiger partial charge in [-0.3, -0.25) is 0 Å². The van der Waals surface area contributed by atoms with E-state index in [-0.39, 0.29) is 12.7 Å². The molecule has 0 unspecified atom stereocenters. The third kappa shape index (κ3) is 2.42. The smallest absolute Gasteiger partial charge is 0.355 e. The molecular weight excluding hydrogens is 298 g/mol. The molecule has 2 N–H and O–H groups in total. The van der Waals surface area contributed by atoms with Gasteiger partial charge in [-0.1, -0.05) is 22.0 Å². The summed E-state index contributed by atoms with van der Waals surface area (Å²) in [4.78, 5) is 14.9. The van der Waals surface area contributed by atoms with Crippen LogP contribution in [-0.4, -0.2) is 22.2 Å². The predicted molar refractivity (Wildman–Crippen MR) is 72.5 cm³/mol. The van der Waals surface area contributed by atoms with Crippen LogP contribution in [0, 0.1) is 0 Å². The molecule has 1 aromatic carbocycles. The number of hydrogen-bond acceptors (Lipinski definition) is 3. The Hall–Kier alpha value is -1.33. The Labute approximate surface area is 113 Å². The van der Waals surface area contributed by atoms with Gasteiger partial charge < -0.3 is 14.8 Å². The van der Waals surface area contributed by atoms with Crippen molar-refractivity contribution in [2.24, 2.45) is 0 Å². The van der Waals surface area contributed by atoms with Gasteiger partial charge in [0.15, 0.2) is 0 Å². The van der Waals surface area contributed by atoms with Gasteiger partial charge in [0.25, 0.3) is 0 Å². The average Bonchev–Trinajstić information content (AvgIpc) is 2.65. The van der Waals surface area contributed by atoms with E-state index in [2.05, 4.69) is 20.9 Å². The molecule has 5 heteroatoms. The normalized spacial score (nSPS) is 11.2. The number of benzene rings is 1. The molecule has 0 aliphatic heterocycles. The number of aromatic amines is 1. The zero-order valence-electron chi connectivity index (χ0n) is 10.2. The average molecular weight is 312 g/mol. The molecule has 0 saturated heterocycles. The Kier molecular flexibility index (Phi) is 3.73. The van der Waals surface area contributed by atoms with Crippen molar-refractivity contribution in [1.29, 1.82) is 0 Å². The number of hydrogen-bond donors (Lipinski definition) is 2. The number of aliphatic hydroxyl groups excluding tert-OH is 1. The number of ether oxygens (including phenoxy) is 1. The third-order valence-electron chi connectivity index (χ3n) is 2.57. The molecule has 18 heavy (non-hydrogen) atoms. The van der Waals surface area contributed by atoms with Crippen LogP contribution in [0.3, 0.4) is 0 Å². The molecule has 0 aliphatic rings. The van der Waals surface area contributed by atoms with Gasteiger partial charge >= 0.3 is 5.97 Å². The van der Waals surface area contributed by atoms with Crippen LogP contribution in [0.15, 0.2) is 22.7 Å². The molecule has 0 radical (unpaired) electrons. The molecule has 0 fully saturated rings. The molecule has 1 aromatic heterocycles. The molecule has 0 saturated carbocycles. The van der Waals surface area contributed by atoms with Crippen molar-refractivity contribution in [3.05, 3.63) is 33.9 Å². The molecule has 96 valence electrons. The number of H-pyrrole nitrogens is 1. The molecule has 0 spiro atoms. The highest BCUT2D eigenvalue weighted by atomic mass is 79.9. The summed E-state index contributed by atoms with van der Waals surface area (Å²) in [6.07, 6.45) is -0.192. The van der Waals surface area contributed by atoms with E-state index in [4.69, 9.17) is 4.74 Å². The molecule has 1 heterocycles. The molecule has 2 rings (SSSR count). The number of halogens is 1. The third-order valence-corrected chi connectivity index (χ3v) is 3.07. The maximum absolute atomic E-state index is 11.9. The number of carbonyl (C=O) groups is 1. The largest absolute Gasteiger partial charge is 0.458 e. The second-order valence-electron chi connectivity index (χ2n) is 4.28. The summed E-state index contributed by atoms with van der Waals surface area (Å²) in [5.74, 6) is -0.443. The van der Waals surface area contributed by atoms with Gasteiger partial charge in [0, 0.05) is 20.9 Å².